The van der Waals surface area contributed by atoms with Crippen molar-refractivity contribution in [1.82, 2.24) is 4.90 Å². The van der Waals surface area contributed by atoms with E-state index in [1.807, 2.05) is 0 Å². The third kappa shape index (κ3) is 2.47. The van der Waals surface area contributed by atoms with Crippen LogP contribution in [-0.2, 0) is 0 Å². The number of rotatable bonds is 3. The van der Waals surface area contributed by atoms with Crippen LogP contribution in [0, 0.1) is 11.6 Å². The van der Waals surface area contributed by atoms with E-state index in [0.29, 0.717) is 12.8 Å². The van der Waals surface area contributed by atoms with E-state index in [1.54, 1.807) is 0 Å². The zero-order valence-corrected chi connectivity index (χ0v) is 11.1. The smallest absolute Gasteiger partial charge is 0.176 e. The van der Waals surface area contributed by atoms with Crippen LogP contribution in [0.3, 0.4) is 0 Å². The molecule has 0 aromatic heterocycles. The predicted molar refractivity (Wildman–Crippen MR) is 69.4 cm³/mol. The van der Waals surface area contributed by atoms with Gasteiger partial charge in [-0.25, -0.2) is 8.78 Å². The van der Waals surface area contributed by atoms with Crippen LogP contribution in [0.4, 0.5) is 8.78 Å². The predicted octanol–water partition coefficient (Wildman–Crippen LogP) is 2.14. The molecule has 2 unspecified atom stereocenters. The molecule has 0 amide bonds. The van der Waals surface area contributed by atoms with E-state index in [2.05, 4.69) is 4.90 Å². The molecule has 0 aliphatic carbocycles. The molecule has 3 nitrogen and oxygen atoms in total. The molecule has 2 aliphatic rings. The lowest BCUT2D eigenvalue weighted by molar-refractivity contribution is 0.0344. The fraction of sp³-hybridized carbons (Fsp3) is 0.533. The second-order valence-corrected chi connectivity index (χ2v) is 5.73. The van der Waals surface area contributed by atoms with E-state index >= 15 is 0 Å². The van der Waals surface area contributed by atoms with Gasteiger partial charge >= 0.3 is 0 Å². The third-order valence-electron chi connectivity index (χ3n) is 4.43. The number of carbonyl (C=O) groups excluding carboxylic acids is 1. The Morgan fingerprint density at radius 2 is 1.85 bits per heavy atom. The molecule has 2 saturated heterocycles. The van der Waals surface area contributed by atoms with Gasteiger partial charge in [-0.1, -0.05) is 0 Å². The number of carbonyl (C=O) groups is 1. The quantitative estimate of drug-likeness (QED) is 0.863. The number of aliphatic hydroxyl groups excluding tert-OH is 1. The van der Waals surface area contributed by atoms with Gasteiger partial charge in [0.15, 0.2) is 17.4 Å². The maximum Gasteiger partial charge on any atom is 0.176 e. The van der Waals surface area contributed by atoms with Gasteiger partial charge in [0.25, 0.3) is 0 Å². The molecule has 1 aromatic carbocycles. The summed E-state index contributed by atoms with van der Waals surface area (Å²) in [5.74, 6) is -2.13. The minimum Gasteiger partial charge on any atom is -0.393 e. The number of hydrogen-bond acceptors (Lipinski definition) is 3. The fourth-order valence-electron chi connectivity index (χ4n) is 3.43. The summed E-state index contributed by atoms with van der Waals surface area (Å²) in [5.41, 5.74) is 0.203. The molecule has 2 aliphatic heterocycles. The molecule has 2 bridgehead atoms. The molecule has 20 heavy (non-hydrogen) atoms. The average Bonchev–Trinajstić information content (AvgIpc) is 2.65. The normalized spacial score (nSPS) is 29.6. The highest BCUT2D eigenvalue weighted by Gasteiger charge is 2.40. The summed E-state index contributed by atoms with van der Waals surface area (Å²) in [6.45, 7) is 0.215. The molecule has 3 rings (SSSR count). The van der Waals surface area contributed by atoms with Crippen LogP contribution in [-0.4, -0.2) is 40.5 Å². The van der Waals surface area contributed by atoms with Crippen molar-refractivity contribution in [3.8, 4) is 0 Å². The van der Waals surface area contributed by atoms with Crippen molar-refractivity contribution in [1.29, 1.82) is 0 Å². The highest BCUT2D eigenvalue weighted by atomic mass is 19.2. The molecule has 0 spiro atoms. The molecule has 1 aromatic rings. The highest BCUT2D eigenvalue weighted by Crippen LogP contribution is 2.35. The maximum atomic E-state index is 13.2. The van der Waals surface area contributed by atoms with Gasteiger partial charge in [0.2, 0.25) is 0 Å². The van der Waals surface area contributed by atoms with Gasteiger partial charge in [0.1, 0.15) is 0 Å². The number of ketones is 1. The van der Waals surface area contributed by atoms with Crippen LogP contribution in [0.2, 0.25) is 0 Å². The van der Waals surface area contributed by atoms with Crippen LogP contribution in [0.1, 0.15) is 36.0 Å². The topological polar surface area (TPSA) is 40.5 Å². The first-order valence-corrected chi connectivity index (χ1v) is 6.96. The number of benzene rings is 1. The molecule has 5 heteroatoms. The van der Waals surface area contributed by atoms with Crippen LogP contribution >= 0.6 is 0 Å². The van der Waals surface area contributed by atoms with Gasteiger partial charge in [-0.15, -0.1) is 0 Å². The summed E-state index contributed by atoms with van der Waals surface area (Å²) >= 11 is 0. The van der Waals surface area contributed by atoms with E-state index in [9.17, 15) is 18.7 Å². The Bertz CT molecular complexity index is 521. The number of Topliss-reactive ketones (excluding diaryl/α,β-unsaturated/α-hetero) is 1. The van der Waals surface area contributed by atoms with Crippen LogP contribution in [0.25, 0.3) is 0 Å². The lowest BCUT2D eigenvalue weighted by atomic mass is 9.99. The highest BCUT2D eigenvalue weighted by molar-refractivity contribution is 5.97. The lowest BCUT2D eigenvalue weighted by Gasteiger charge is -2.36. The maximum absolute atomic E-state index is 13.2. The monoisotopic (exact) mass is 281 g/mol. The average molecular weight is 281 g/mol. The van der Waals surface area contributed by atoms with E-state index in [0.717, 1.165) is 25.0 Å². The van der Waals surface area contributed by atoms with E-state index < -0.39 is 11.6 Å². The fourth-order valence-corrected chi connectivity index (χ4v) is 3.43. The molecular weight excluding hydrogens is 264 g/mol. The molecule has 1 N–H and O–H groups in total. The molecule has 2 atom stereocenters. The Morgan fingerprint density at radius 1 is 1.20 bits per heavy atom. The molecule has 2 heterocycles. The zero-order chi connectivity index (χ0) is 14.3. The van der Waals surface area contributed by atoms with Crippen molar-refractivity contribution in [2.24, 2.45) is 0 Å². The van der Waals surface area contributed by atoms with Crippen LogP contribution in [0.15, 0.2) is 18.2 Å². The van der Waals surface area contributed by atoms with Crippen molar-refractivity contribution >= 4 is 5.78 Å². The van der Waals surface area contributed by atoms with E-state index in [4.69, 9.17) is 0 Å². The Balaban J connectivity index is 1.72. The first kappa shape index (κ1) is 13.6. The number of hydrogen-bond donors (Lipinski definition) is 1. The minimum atomic E-state index is -0.993. The summed E-state index contributed by atoms with van der Waals surface area (Å²) in [4.78, 5) is 14.3. The Kier molecular flexibility index (Phi) is 3.56. The van der Waals surface area contributed by atoms with Gasteiger partial charge in [-0.3, -0.25) is 9.69 Å². The van der Waals surface area contributed by atoms with Gasteiger partial charge < -0.3 is 5.11 Å². The molecule has 2 fully saturated rings. The summed E-state index contributed by atoms with van der Waals surface area (Å²) in [6, 6.07) is 3.73. The number of halogens is 2. The van der Waals surface area contributed by atoms with E-state index in [-0.39, 0.29) is 36.1 Å². The number of aliphatic hydroxyl groups is 1. The lowest BCUT2D eigenvalue weighted by Crippen LogP contribution is -2.46. The number of nitrogens with zero attached hydrogens (tertiary/aromatic N) is 1. The zero-order valence-electron chi connectivity index (χ0n) is 11.1. The summed E-state index contributed by atoms with van der Waals surface area (Å²) in [7, 11) is 0. The van der Waals surface area contributed by atoms with Crippen molar-refractivity contribution in [2.45, 2.75) is 43.9 Å². The molecule has 108 valence electrons. The largest absolute Gasteiger partial charge is 0.393 e. The summed E-state index contributed by atoms with van der Waals surface area (Å²) in [5, 5.41) is 9.72. The number of piperidine rings is 1. The van der Waals surface area contributed by atoms with E-state index in [1.165, 1.54) is 6.07 Å². The van der Waals surface area contributed by atoms with Gasteiger partial charge in [0, 0.05) is 17.6 Å². The first-order chi connectivity index (χ1) is 9.54. The molecular formula is C15H17F2NO2. The summed E-state index contributed by atoms with van der Waals surface area (Å²) < 4.78 is 26.0. The van der Waals surface area contributed by atoms with Crippen molar-refractivity contribution < 1.29 is 18.7 Å². The standard InChI is InChI=1S/C15H17F2NO2/c16-13-4-1-9(5-14(13)17)15(20)8-18-10-2-3-11(18)7-12(19)6-10/h1,4-5,10-12,19H,2-3,6-8H2. The third-order valence-corrected chi connectivity index (χ3v) is 4.43. The van der Waals surface area contributed by atoms with Gasteiger partial charge in [0.05, 0.1) is 12.6 Å². The van der Waals surface area contributed by atoms with Crippen molar-refractivity contribution in [2.75, 3.05) is 6.54 Å². The van der Waals surface area contributed by atoms with Crippen LogP contribution < -0.4 is 0 Å². The Hall–Kier alpha value is -1.33. The Morgan fingerprint density at radius 3 is 2.45 bits per heavy atom. The SMILES string of the molecule is O=C(CN1C2CCC1CC(O)C2)c1ccc(F)c(F)c1. The van der Waals surface area contributed by atoms with Crippen molar-refractivity contribution in [3.63, 3.8) is 0 Å². The van der Waals surface area contributed by atoms with Gasteiger partial charge in [-0.2, -0.15) is 0 Å². The summed E-state index contributed by atoms with van der Waals surface area (Å²) in [6.07, 6.45) is 3.10. The second-order valence-electron chi connectivity index (χ2n) is 5.73. The van der Waals surface area contributed by atoms with Crippen LogP contribution in [0.5, 0.6) is 0 Å². The first-order valence-electron chi connectivity index (χ1n) is 6.96. The Labute approximate surface area is 116 Å². The molecule has 0 radical (unpaired) electrons. The minimum absolute atomic E-state index is 0.197. The molecule has 0 saturated carbocycles. The number of fused-ring (bicyclic) bond motifs is 2. The second kappa shape index (κ2) is 5.22. The van der Waals surface area contributed by atoms with Gasteiger partial charge in [-0.05, 0) is 43.9 Å². The van der Waals surface area contributed by atoms with Crippen molar-refractivity contribution in [3.05, 3.63) is 35.4 Å².